The van der Waals surface area contributed by atoms with Crippen LogP contribution in [0.5, 0.6) is 0 Å². The molecule has 0 bridgehead atoms. The Morgan fingerprint density at radius 2 is 1.86 bits per heavy atom. The third-order valence-corrected chi connectivity index (χ3v) is 2.82. The van der Waals surface area contributed by atoms with Crippen molar-refractivity contribution in [2.24, 2.45) is 5.41 Å². The molecule has 0 aromatic heterocycles. The predicted molar refractivity (Wildman–Crippen MR) is 62.3 cm³/mol. The van der Waals surface area contributed by atoms with Gasteiger partial charge in [-0.25, -0.2) is 0 Å². The van der Waals surface area contributed by atoms with Crippen LogP contribution in [0.4, 0.5) is 0 Å². The summed E-state index contributed by atoms with van der Waals surface area (Å²) in [7, 11) is 0. The molecule has 1 aromatic rings. The lowest BCUT2D eigenvalue weighted by Gasteiger charge is -2.15. The smallest absolute Gasteiger partial charge is 0.125 e. The van der Waals surface area contributed by atoms with Crippen molar-refractivity contribution >= 4 is 22.2 Å². The van der Waals surface area contributed by atoms with Gasteiger partial charge in [0.2, 0.25) is 0 Å². The Hall–Kier alpha value is -0.630. The molecular weight excluding hydrogens is 240 g/mol. The predicted octanol–water partition coefficient (Wildman–Crippen LogP) is 3.61. The summed E-state index contributed by atoms with van der Waals surface area (Å²) in [6.45, 7) is 3.94. The van der Waals surface area contributed by atoms with Crippen molar-refractivity contribution in [3.05, 3.63) is 34.3 Å². The maximum absolute atomic E-state index is 10.7. The average Bonchev–Trinajstić information content (AvgIpc) is 2.17. The maximum Gasteiger partial charge on any atom is 0.125 e. The van der Waals surface area contributed by atoms with Gasteiger partial charge in [0, 0.05) is 9.89 Å². The molecule has 0 atom stereocenters. The van der Waals surface area contributed by atoms with Gasteiger partial charge in [0.05, 0.1) is 0 Å². The Morgan fingerprint density at radius 1 is 1.29 bits per heavy atom. The summed E-state index contributed by atoms with van der Waals surface area (Å²) in [5.41, 5.74) is 1.08. The van der Waals surface area contributed by atoms with Gasteiger partial charge in [-0.3, -0.25) is 0 Å². The van der Waals surface area contributed by atoms with E-state index < -0.39 is 0 Å². The van der Waals surface area contributed by atoms with E-state index in [1.54, 1.807) is 0 Å². The highest BCUT2D eigenvalue weighted by molar-refractivity contribution is 9.10. The molecule has 0 unspecified atom stereocenters. The van der Waals surface area contributed by atoms with Crippen LogP contribution in [0, 0.1) is 5.41 Å². The monoisotopic (exact) mass is 254 g/mol. The SMILES string of the molecule is CC(C)(C=O)CCc1ccc(Br)cc1. The van der Waals surface area contributed by atoms with Gasteiger partial charge in [-0.1, -0.05) is 41.9 Å². The van der Waals surface area contributed by atoms with Crippen LogP contribution >= 0.6 is 15.9 Å². The number of hydrogen-bond acceptors (Lipinski definition) is 1. The van der Waals surface area contributed by atoms with Crippen LogP contribution in [0.3, 0.4) is 0 Å². The molecule has 1 rings (SSSR count). The van der Waals surface area contributed by atoms with Crippen molar-refractivity contribution in [1.82, 2.24) is 0 Å². The molecule has 0 aliphatic heterocycles. The number of aryl methyl sites for hydroxylation is 1. The van der Waals surface area contributed by atoms with Crippen LogP contribution in [0.25, 0.3) is 0 Å². The van der Waals surface area contributed by atoms with Crippen LogP contribution in [0.1, 0.15) is 25.8 Å². The minimum atomic E-state index is -0.201. The summed E-state index contributed by atoms with van der Waals surface area (Å²) >= 11 is 3.39. The van der Waals surface area contributed by atoms with Gasteiger partial charge in [0.25, 0.3) is 0 Å². The fourth-order valence-corrected chi connectivity index (χ4v) is 1.44. The van der Waals surface area contributed by atoms with Crippen molar-refractivity contribution in [3.8, 4) is 0 Å². The second-order valence-electron chi connectivity index (χ2n) is 4.23. The van der Waals surface area contributed by atoms with E-state index in [-0.39, 0.29) is 5.41 Å². The van der Waals surface area contributed by atoms with Crippen molar-refractivity contribution < 1.29 is 4.79 Å². The zero-order valence-electron chi connectivity index (χ0n) is 8.59. The number of rotatable bonds is 4. The van der Waals surface area contributed by atoms with Gasteiger partial charge < -0.3 is 4.79 Å². The minimum absolute atomic E-state index is 0.201. The molecule has 0 heterocycles. The number of carbonyl (C=O) groups excluding carboxylic acids is 1. The summed E-state index contributed by atoms with van der Waals surface area (Å²) < 4.78 is 1.09. The molecule has 1 aromatic carbocycles. The van der Waals surface area contributed by atoms with Gasteiger partial charge in [0.15, 0.2) is 0 Å². The molecule has 0 amide bonds. The summed E-state index contributed by atoms with van der Waals surface area (Å²) in [5.74, 6) is 0. The van der Waals surface area contributed by atoms with E-state index in [4.69, 9.17) is 0 Å². The highest BCUT2D eigenvalue weighted by Gasteiger charge is 2.15. The van der Waals surface area contributed by atoms with Crippen molar-refractivity contribution in [2.45, 2.75) is 26.7 Å². The zero-order valence-corrected chi connectivity index (χ0v) is 10.2. The van der Waals surface area contributed by atoms with E-state index in [0.29, 0.717) is 0 Å². The second-order valence-corrected chi connectivity index (χ2v) is 5.15. The first-order valence-electron chi connectivity index (χ1n) is 4.74. The van der Waals surface area contributed by atoms with Crippen molar-refractivity contribution in [3.63, 3.8) is 0 Å². The third-order valence-electron chi connectivity index (χ3n) is 2.29. The van der Waals surface area contributed by atoms with Crippen LogP contribution in [-0.2, 0) is 11.2 Å². The molecule has 0 fully saturated rings. The molecule has 14 heavy (non-hydrogen) atoms. The quantitative estimate of drug-likeness (QED) is 0.751. The number of halogens is 1. The molecule has 0 N–H and O–H groups in total. The maximum atomic E-state index is 10.7. The molecule has 0 saturated heterocycles. The van der Waals surface area contributed by atoms with E-state index in [2.05, 4.69) is 28.1 Å². The largest absolute Gasteiger partial charge is 0.303 e. The van der Waals surface area contributed by atoms with Crippen LogP contribution in [-0.4, -0.2) is 6.29 Å². The Morgan fingerprint density at radius 3 is 2.36 bits per heavy atom. The number of carbonyl (C=O) groups is 1. The Labute approximate surface area is 93.7 Å². The third kappa shape index (κ3) is 3.62. The average molecular weight is 255 g/mol. The number of aldehydes is 1. The standard InChI is InChI=1S/C12H15BrO/c1-12(2,9-14)8-7-10-3-5-11(13)6-4-10/h3-6,9H,7-8H2,1-2H3. The Balaban J connectivity index is 2.54. The lowest BCUT2D eigenvalue weighted by atomic mass is 9.88. The lowest BCUT2D eigenvalue weighted by Crippen LogP contribution is -2.13. The topological polar surface area (TPSA) is 17.1 Å². The summed E-state index contributed by atoms with van der Waals surface area (Å²) in [6.07, 6.45) is 2.89. The molecule has 0 spiro atoms. The van der Waals surface area contributed by atoms with Gasteiger partial charge >= 0.3 is 0 Å². The Kier molecular flexibility index (Phi) is 3.87. The Bertz CT molecular complexity index is 301. The van der Waals surface area contributed by atoms with E-state index in [9.17, 15) is 4.79 Å². The molecule has 1 nitrogen and oxygen atoms in total. The zero-order chi connectivity index (χ0) is 10.6. The van der Waals surface area contributed by atoms with Crippen LogP contribution < -0.4 is 0 Å². The number of hydrogen-bond donors (Lipinski definition) is 0. The highest BCUT2D eigenvalue weighted by Crippen LogP contribution is 2.20. The van der Waals surface area contributed by atoms with Crippen molar-refractivity contribution in [1.29, 1.82) is 0 Å². The van der Waals surface area contributed by atoms with Crippen LogP contribution in [0.2, 0.25) is 0 Å². The van der Waals surface area contributed by atoms with E-state index in [1.165, 1.54) is 5.56 Å². The number of benzene rings is 1. The second kappa shape index (κ2) is 4.74. The molecule has 0 saturated carbocycles. The summed E-state index contributed by atoms with van der Waals surface area (Å²) in [5, 5.41) is 0. The van der Waals surface area contributed by atoms with Gasteiger partial charge in [-0.15, -0.1) is 0 Å². The molecule has 0 aliphatic rings. The summed E-state index contributed by atoms with van der Waals surface area (Å²) in [4.78, 5) is 10.7. The lowest BCUT2D eigenvalue weighted by molar-refractivity contribution is -0.114. The van der Waals surface area contributed by atoms with Crippen LogP contribution in [0.15, 0.2) is 28.7 Å². The van der Waals surface area contributed by atoms with Crippen molar-refractivity contribution in [2.75, 3.05) is 0 Å². The van der Waals surface area contributed by atoms with Gasteiger partial charge in [0.1, 0.15) is 6.29 Å². The first-order chi connectivity index (χ1) is 6.53. The fraction of sp³-hybridized carbons (Fsp3) is 0.417. The van der Waals surface area contributed by atoms with E-state index >= 15 is 0 Å². The van der Waals surface area contributed by atoms with Gasteiger partial charge in [-0.05, 0) is 30.5 Å². The fourth-order valence-electron chi connectivity index (χ4n) is 1.18. The van der Waals surface area contributed by atoms with Gasteiger partial charge in [-0.2, -0.15) is 0 Å². The highest BCUT2D eigenvalue weighted by atomic mass is 79.9. The first-order valence-corrected chi connectivity index (χ1v) is 5.53. The normalized spacial score (nSPS) is 11.4. The molecular formula is C12H15BrO. The molecule has 2 heteroatoms. The molecule has 0 aliphatic carbocycles. The van der Waals surface area contributed by atoms with E-state index in [1.807, 2.05) is 26.0 Å². The molecule has 76 valence electrons. The summed E-state index contributed by atoms with van der Waals surface area (Å²) in [6, 6.07) is 8.24. The van der Waals surface area contributed by atoms with E-state index in [0.717, 1.165) is 23.6 Å². The molecule has 0 radical (unpaired) electrons. The first kappa shape index (κ1) is 11.4. The minimum Gasteiger partial charge on any atom is -0.303 e.